The van der Waals surface area contributed by atoms with Crippen LogP contribution in [0.5, 0.6) is 5.75 Å². The van der Waals surface area contributed by atoms with Crippen LogP contribution in [0.3, 0.4) is 0 Å². The van der Waals surface area contributed by atoms with E-state index >= 15 is 0 Å². The van der Waals surface area contributed by atoms with Crippen LogP contribution in [0.4, 0.5) is 0 Å². The first kappa shape index (κ1) is 17.1. The highest BCUT2D eigenvalue weighted by Gasteiger charge is 2.38. The van der Waals surface area contributed by atoms with E-state index in [1.165, 1.54) is 0 Å². The lowest BCUT2D eigenvalue weighted by Gasteiger charge is -2.45. The summed E-state index contributed by atoms with van der Waals surface area (Å²) in [6.45, 7) is 7.28. The van der Waals surface area contributed by atoms with Gasteiger partial charge in [-0.15, -0.1) is 0 Å². The molecular weight excluding hydrogens is 362 g/mol. The molecule has 4 aliphatic heterocycles. The van der Waals surface area contributed by atoms with Gasteiger partial charge in [-0.05, 0) is 70.0 Å². The molecule has 1 N–H and O–H groups in total. The van der Waals surface area contributed by atoms with Gasteiger partial charge in [0, 0.05) is 23.8 Å². The van der Waals surface area contributed by atoms with Gasteiger partial charge in [-0.3, -0.25) is 4.79 Å². The third kappa shape index (κ3) is 2.75. The Kier molecular flexibility index (Phi) is 3.82. The van der Waals surface area contributed by atoms with Gasteiger partial charge in [0.2, 0.25) is 0 Å². The Morgan fingerprint density at radius 2 is 2.07 bits per heavy atom. The standard InChI is InChI=1S/C21H24ClN3O2/c1-21(2)18-4-3-7-25(18)17-11-14(22)10-15(19(17)27-21)20(26)23-16-12-24-8-5-13(16)6-9-24/h3-4,7,10-11,13,16H,5-6,8-9,12H2,1-2H3,(H,23,26). The molecule has 4 aliphatic rings. The first-order valence-electron chi connectivity index (χ1n) is 9.66. The van der Waals surface area contributed by atoms with E-state index in [0.717, 1.165) is 43.9 Å². The van der Waals surface area contributed by atoms with E-state index in [1.807, 2.05) is 38.2 Å². The topological polar surface area (TPSA) is 46.5 Å². The Hall–Kier alpha value is -1.98. The highest BCUT2D eigenvalue weighted by molar-refractivity contribution is 6.31. The summed E-state index contributed by atoms with van der Waals surface area (Å²) in [6, 6.07) is 7.82. The molecule has 5 heterocycles. The molecule has 6 rings (SSSR count). The minimum absolute atomic E-state index is 0.0982. The van der Waals surface area contributed by atoms with Gasteiger partial charge >= 0.3 is 0 Å². The number of rotatable bonds is 2. The lowest BCUT2D eigenvalue weighted by Crippen LogP contribution is -2.57. The highest BCUT2D eigenvalue weighted by Crippen LogP contribution is 2.42. The third-order valence-electron chi connectivity index (χ3n) is 6.23. The maximum atomic E-state index is 13.2. The van der Waals surface area contributed by atoms with Crippen molar-refractivity contribution in [2.24, 2.45) is 5.92 Å². The van der Waals surface area contributed by atoms with Crippen LogP contribution in [0, 0.1) is 5.92 Å². The number of aromatic nitrogens is 1. The van der Waals surface area contributed by atoms with Crippen LogP contribution in [-0.4, -0.2) is 41.1 Å². The number of piperidine rings is 3. The van der Waals surface area contributed by atoms with Crippen LogP contribution in [0.25, 0.3) is 5.69 Å². The number of nitrogens with zero attached hydrogens (tertiary/aromatic N) is 2. The van der Waals surface area contributed by atoms with E-state index < -0.39 is 5.60 Å². The van der Waals surface area contributed by atoms with Crippen LogP contribution in [-0.2, 0) is 5.60 Å². The average molecular weight is 386 g/mol. The number of hydrogen-bond acceptors (Lipinski definition) is 3. The van der Waals surface area contributed by atoms with E-state index in [1.54, 1.807) is 6.07 Å². The molecule has 2 aromatic rings. The minimum Gasteiger partial charge on any atom is -0.479 e. The second-order valence-corrected chi connectivity index (χ2v) is 8.83. The van der Waals surface area contributed by atoms with E-state index in [-0.39, 0.29) is 11.9 Å². The molecule has 0 radical (unpaired) electrons. The van der Waals surface area contributed by atoms with Crippen LogP contribution in [0.1, 0.15) is 42.7 Å². The molecule has 1 atom stereocenters. The largest absolute Gasteiger partial charge is 0.479 e. The van der Waals surface area contributed by atoms with Crippen LogP contribution >= 0.6 is 11.6 Å². The molecule has 6 heteroatoms. The molecule has 1 aromatic heterocycles. The van der Waals surface area contributed by atoms with Gasteiger partial charge in [0.05, 0.1) is 16.9 Å². The number of amides is 1. The Morgan fingerprint density at radius 3 is 2.78 bits per heavy atom. The Balaban J connectivity index is 1.52. The number of benzene rings is 1. The summed E-state index contributed by atoms with van der Waals surface area (Å²) in [6.07, 6.45) is 4.31. The van der Waals surface area contributed by atoms with Gasteiger partial charge in [0.15, 0.2) is 5.75 Å². The van der Waals surface area contributed by atoms with Crippen molar-refractivity contribution < 1.29 is 9.53 Å². The summed E-state index contributed by atoms with van der Waals surface area (Å²) in [5.74, 6) is 1.08. The first-order chi connectivity index (χ1) is 12.9. The molecule has 2 bridgehead atoms. The van der Waals surface area contributed by atoms with Crippen molar-refractivity contribution in [3.8, 4) is 11.4 Å². The van der Waals surface area contributed by atoms with Crippen molar-refractivity contribution in [3.05, 3.63) is 46.7 Å². The number of halogens is 1. The van der Waals surface area contributed by atoms with E-state index in [9.17, 15) is 4.79 Å². The van der Waals surface area contributed by atoms with Crippen molar-refractivity contribution in [1.82, 2.24) is 14.8 Å². The van der Waals surface area contributed by atoms with Crippen molar-refractivity contribution in [2.75, 3.05) is 19.6 Å². The SMILES string of the molecule is CC1(C)Oc2c(C(=O)NC3CN4CCC3CC4)cc(Cl)cc2-n2cccc21. The van der Waals surface area contributed by atoms with Crippen molar-refractivity contribution >= 4 is 17.5 Å². The Morgan fingerprint density at radius 1 is 1.30 bits per heavy atom. The summed E-state index contributed by atoms with van der Waals surface area (Å²) >= 11 is 6.38. The summed E-state index contributed by atoms with van der Waals surface area (Å²) in [5, 5.41) is 3.80. The molecule has 1 aromatic carbocycles. The van der Waals surface area contributed by atoms with E-state index in [2.05, 4.69) is 14.8 Å². The number of ether oxygens (including phenoxy) is 1. The van der Waals surface area contributed by atoms with Crippen LogP contribution < -0.4 is 10.1 Å². The van der Waals surface area contributed by atoms with Crippen molar-refractivity contribution in [1.29, 1.82) is 0 Å². The highest BCUT2D eigenvalue weighted by atomic mass is 35.5. The molecule has 0 aliphatic carbocycles. The number of carbonyl (C=O) groups excluding carboxylic acids is 1. The molecule has 3 saturated heterocycles. The maximum absolute atomic E-state index is 13.2. The fourth-order valence-corrected chi connectivity index (χ4v) is 5.01. The lowest BCUT2D eigenvalue weighted by atomic mass is 9.84. The van der Waals surface area contributed by atoms with Crippen LogP contribution in [0.2, 0.25) is 5.02 Å². The summed E-state index contributed by atoms with van der Waals surface area (Å²) in [4.78, 5) is 15.6. The lowest BCUT2D eigenvalue weighted by molar-refractivity contribution is 0.0606. The summed E-state index contributed by atoms with van der Waals surface area (Å²) in [5.41, 5.74) is 1.86. The Bertz CT molecular complexity index is 912. The zero-order valence-corrected chi connectivity index (χ0v) is 16.4. The number of fused-ring (bicyclic) bond motifs is 6. The number of nitrogens with one attached hydrogen (secondary N) is 1. The van der Waals surface area contributed by atoms with Crippen molar-refractivity contribution in [3.63, 3.8) is 0 Å². The fraction of sp³-hybridized carbons (Fsp3) is 0.476. The normalized spacial score (nSPS) is 27.4. The van der Waals surface area contributed by atoms with Crippen molar-refractivity contribution in [2.45, 2.75) is 38.3 Å². The zero-order valence-electron chi connectivity index (χ0n) is 15.7. The molecule has 1 amide bonds. The molecule has 1 unspecified atom stereocenters. The van der Waals surface area contributed by atoms with Gasteiger partial charge in [-0.25, -0.2) is 0 Å². The zero-order chi connectivity index (χ0) is 18.8. The second-order valence-electron chi connectivity index (χ2n) is 8.40. The quantitative estimate of drug-likeness (QED) is 0.859. The molecule has 142 valence electrons. The van der Waals surface area contributed by atoms with Gasteiger partial charge in [-0.2, -0.15) is 0 Å². The van der Waals surface area contributed by atoms with Gasteiger partial charge in [0.25, 0.3) is 5.91 Å². The molecular formula is C21H24ClN3O2. The second kappa shape index (κ2) is 6.01. The summed E-state index contributed by atoms with van der Waals surface area (Å²) in [7, 11) is 0. The molecule has 0 spiro atoms. The minimum atomic E-state index is -0.519. The molecule has 0 saturated carbocycles. The van der Waals surface area contributed by atoms with E-state index in [0.29, 0.717) is 22.3 Å². The van der Waals surface area contributed by atoms with Gasteiger partial charge < -0.3 is 19.5 Å². The number of carbonyl (C=O) groups is 1. The molecule has 5 nitrogen and oxygen atoms in total. The third-order valence-corrected chi connectivity index (χ3v) is 6.45. The maximum Gasteiger partial charge on any atom is 0.255 e. The monoisotopic (exact) mass is 385 g/mol. The fourth-order valence-electron chi connectivity index (χ4n) is 4.80. The summed E-state index contributed by atoms with van der Waals surface area (Å²) < 4.78 is 8.38. The molecule has 3 fully saturated rings. The first-order valence-corrected chi connectivity index (χ1v) is 10.0. The van der Waals surface area contributed by atoms with Crippen LogP contribution in [0.15, 0.2) is 30.5 Å². The average Bonchev–Trinajstić information content (AvgIpc) is 3.14. The van der Waals surface area contributed by atoms with E-state index in [4.69, 9.17) is 16.3 Å². The number of hydrogen-bond donors (Lipinski definition) is 1. The predicted molar refractivity (Wildman–Crippen MR) is 105 cm³/mol. The Labute approximate surface area is 164 Å². The predicted octanol–water partition coefficient (Wildman–Crippen LogP) is 3.58. The smallest absolute Gasteiger partial charge is 0.255 e. The molecule has 27 heavy (non-hydrogen) atoms. The van der Waals surface area contributed by atoms with Gasteiger partial charge in [-0.1, -0.05) is 11.6 Å². The van der Waals surface area contributed by atoms with Gasteiger partial charge in [0.1, 0.15) is 5.60 Å².